The van der Waals surface area contributed by atoms with E-state index in [1.54, 1.807) is 6.92 Å². The third-order valence-corrected chi connectivity index (χ3v) is 3.69. The number of hydrogen-bond acceptors (Lipinski definition) is 5. The molecule has 1 amide bonds. The molecule has 2 N–H and O–H groups in total. The average molecular weight is 289 g/mol. The monoisotopic (exact) mass is 289 g/mol. The van der Waals surface area contributed by atoms with Crippen LogP contribution in [0.15, 0.2) is 21.6 Å². The summed E-state index contributed by atoms with van der Waals surface area (Å²) in [7, 11) is -3.54. The number of carboxylic acid groups (broad SMARTS) is 1. The Hall–Kier alpha value is -1.83. The van der Waals surface area contributed by atoms with E-state index in [1.165, 1.54) is 13.0 Å². The van der Waals surface area contributed by atoms with Crippen LogP contribution < -0.4 is 5.32 Å². The number of amides is 1. The molecule has 0 aliphatic rings. The molecule has 0 aliphatic carbocycles. The van der Waals surface area contributed by atoms with E-state index in [0.29, 0.717) is 0 Å². The van der Waals surface area contributed by atoms with Crippen molar-refractivity contribution in [3.8, 4) is 0 Å². The summed E-state index contributed by atoms with van der Waals surface area (Å²) < 4.78 is 27.3. The van der Waals surface area contributed by atoms with E-state index < -0.39 is 27.3 Å². The van der Waals surface area contributed by atoms with Crippen LogP contribution in [0.4, 0.5) is 0 Å². The van der Waals surface area contributed by atoms with Crippen molar-refractivity contribution in [2.24, 2.45) is 0 Å². The van der Waals surface area contributed by atoms with Crippen LogP contribution in [0.1, 0.15) is 30.8 Å². The van der Waals surface area contributed by atoms with Crippen LogP contribution in [-0.2, 0) is 14.6 Å². The largest absolute Gasteiger partial charge is 0.480 e. The Kier molecular flexibility index (Phi) is 4.04. The topological polar surface area (TPSA) is 114 Å². The van der Waals surface area contributed by atoms with Crippen LogP contribution in [0.25, 0.3) is 0 Å². The minimum atomic E-state index is -3.54. The van der Waals surface area contributed by atoms with Gasteiger partial charge in [0.15, 0.2) is 5.76 Å². The number of carbonyl (C=O) groups excluding carboxylic acids is 1. The molecule has 8 heteroatoms. The van der Waals surface area contributed by atoms with Gasteiger partial charge in [0.05, 0.1) is 0 Å². The van der Waals surface area contributed by atoms with Crippen molar-refractivity contribution >= 4 is 21.7 Å². The molecular weight excluding hydrogens is 274 g/mol. The summed E-state index contributed by atoms with van der Waals surface area (Å²) in [6.07, 6.45) is 1.12. The molecule has 1 atom stereocenters. The van der Waals surface area contributed by atoms with E-state index in [4.69, 9.17) is 9.52 Å². The fourth-order valence-electron chi connectivity index (χ4n) is 1.25. The maximum atomic E-state index is 11.8. The second-order valence-electron chi connectivity index (χ2n) is 4.34. The highest BCUT2D eigenvalue weighted by Gasteiger charge is 2.34. The second kappa shape index (κ2) is 5.04. The number of carboxylic acids is 1. The zero-order chi connectivity index (χ0) is 14.8. The van der Waals surface area contributed by atoms with Gasteiger partial charge in [0.25, 0.3) is 5.91 Å². The van der Waals surface area contributed by atoms with E-state index in [1.807, 2.05) is 0 Å². The third kappa shape index (κ3) is 3.34. The van der Waals surface area contributed by atoms with E-state index in [9.17, 15) is 18.0 Å². The fourth-order valence-corrected chi connectivity index (χ4v) is 1.80. The Morgan fingerprint density at radius 2 is 2.00 bits per heavy atom. The minimum absolute atomic E-state index is 0.174. The summed E-state index contributed by atoms with van der Waals surface area (Å²) in [6, 6.07) is 2.33. The van der Waals surface area contributed by atoms with Gasteiger partial charge in [-0.2, -0.15) is 0 Å². The standard InChI is InChI=1S/C11H15NO6S/c1-4-11(2,10(14)15)12-9(13)7-5-6-8(18-7)19(3,16)17/h5-6H,4H2,1-3H3,(H,12,13)(H,14,15). The number of nitrogens with one attached hydrogen (secondary N) is 1. The molecule has 1 heterocycles. The Bertz CT molecular complexity index is 602. The molecule has 0 bridgehead atoms. The molecule has 0 aliphatic heterocycles. The van der Waals surface area contributed by atoms with Crippen LogP contribution in [0.2, 0.25) is 0 Å². The molecule has 0 spiro atoms. The van der Waals surface area contributed by atoms with Gasteiger partial charge in [0.1, 0.15) is 5.54 Å². The molecule has 0 aromatic carbocycles. The first kappa shape index (κ1) is 15.2. The predicted octanol–water partition coefficient (Wildman–Crippen LogP) is 0.666. The summed E-state index contributed by atoms with van der Waals surface area (Å²) in [5, 5.41) is 11.0. The van der Waals surface area contributed by atoms with Crippen molar-refractivity contribution in [1.29, 1.82) is 0 Å². The summed E-state index contributed by atoms with van der Waals surface area (Å²) in [5.74, 6) is -2.21. The molecule has 0 saturated carbocycles. The number of sulfone groups is 1. The highest BCUT2D eigenvalue weighted by atomic mass is 32.2. The molecule has 19 heavy (non-hydrogen) atoms. The molecule has 1 aromatic rings. The number of rotatable bonds is 5. The lowest BCUT2D eigenvalue weighted by molar-refractivity contribution is -0.143. The summed E-state index contributed by atoms with van der Waals surface area (Å²) in [6.45, 7) is 2.96. The molecule has 0 fully saturated rings. The molecule has 1 rings (SSSR count). The first-order valence-electron chi connectivity index (χ1n) is 5.46. The lowest BCUT2D eigenvalue weighted by atomic mass is 9.99. The van der Waals surface area contributed by atoms with Crippen molar-refractivity contribution in [2.45, 2.75) is 30.9 Å². The lowest BCUT2D eigenvalue weighted by Gasteiger charge is -2.23. The van der Waals surface area contributed by atoms with Gasteiger partial charge in [-0.05, 0) is 25.5 Å². The highest BCUT2D eigenvalue weighted by molar-refractivity contribution is 7.90. The Morgan fingerprint density at radius 3 is 2.37 bits per heavy atom. The third-order valence-electron chi connectivity index (χ3n) is 2.74. The van der Waals surface area contributed by atoms with Gasteiger partial charge in [-0.3, -0.25) is 4.79 Å². The average Bonchev–Trinajstić information content (AvgIpc) is 2.77. The minimum Gasteiger partial charge on any atom is -0.480 e. The van der Waals surface area contributed by atoms with Crippen LogP contribution in [0.5, 0.6) is 0 Å². The molecule has 0 saturated heterocycles. The van der Waals surface area contributed by atoms with E-state index in [2.05, 4.69) is 5.32 Å². The van der Waals surface area contributed by atoms with Gasteiger partial charge in [-0.1, -0.05) is 6.92 Å². The van der Waals surface area contributed by atoms with Crippen molar-refractivity contribution in [3.63, 3.8) is 0 Å². The van der Waals surface area contributed by atoms with Gasteiger partial charge in [-0.25, -0.2) is 13.2 Å². The Balaban J connectivity index is 2.97. The maximum absolute atomic E-state index is 11.8. The molecule has 1 unspecified atom stereocenters. The van der Waals surface area contributed by atoms with Crippen molar-refractivity contribution in [1.82, 2.24) is 5.32 Å². The van der Waals surface area contributed by atoms with Crippen LogP contribution in [0, 0.1) is 0 Å². The predicted molar refractivity (Wildman–Crippen MR) is 65.6 cm³/mol. The quantitative estimate of drug-likeness (QED) is 0.823. The summed E-state index contributed by atoms with van der Waals surface area (Å²) in [4.78, 5) is 22.8. The molecule has 106 valence electrons. The summed E-state index contributed by atoms with van der Waals surface area (Å²) >= 11 is 0. The van der Waals surface area contributed by atoms with Gasteiger partial charge in [0, 0.05) is 6.26 Å². The van der Waals surface area contributed by atoms with E-state index >= 15 is 0 Å². The zero-order valence-corrected chi connectivity index (χ0v) is 11.6. The maximum Gasteiger partial charge on any atom is 0.329 e. The van der Waals surface area contributed by atoms with Crippen LogP contribution >= 0.6 is 0 Å². The first-order valence-corrected chi connectivity index (χ1v) is 7.35. The second-order valence-corrected chi connectivity index (χ2v) is 6.28. The number of furan rings is 1. The normalized spacial score (nSPS) is 14.7. The smallest absolute Gasteiger partial charge is 0.329 e. The molecular formula is C11H15NO6S. The van der Waals surface area contributed by atoms with Crippen LogP contribution in [0.3, 0.4) is 0 Å². The van der Waals surface area contributed by atoms with Gasteiger partial charge in [0.2, 0.25) is 14.9 Å². The van der Waals surface area contributed by atoms with Crippen molar-refractivity contribution in [2.75, 3.05) is 6.26 Å². The van der Waals surface area contributed by atoms with Gasteiger partial charge < -0.3 is 14.8 Å². The molecule has 7 nitrogen and oxygen atoms in total. The van der Waals surface area contributed by atoms with Gasteiger partial charge in [-0.15, -0.1) is 0 Å². The number of carbonyl (C=O) groups is 2. The lowest BCUT2D eigenvalue weighted by Crippen LogP contribution is -2.51. The number of aliphatic carboxylic acids is 1. The van der Waals surface area contributed by atoms with Crippen molar-refractivity contribution in [3.05, 3.63) is 17.9 Å². The van der Waals surface area contributed by atoms with Gasteiger partial charge >= 0.3 is 5.97 Å². The highest BCUT2D eigenvalue weighted by Crippen LogP contribution is 2.16. The summed E-state index contributed by atoms with van der Waals surface area (Å²) in [5.41, 5.74) is -1.44. The van der Waals surface area contributed by atoms with E-state index in [-0.39, 0.29) is 17.3 Å². The van der Waals surface area contributed by atoms with E-state index in [0.717, 1.165) is 12.3 Å². The van der Waals surface area contributed by atoms with Crippen molar-refractivity contribution < 1.29 is 27.5 Å². The number of hydrogen-bond donors (Lipinski definition) is 2. The SMILES string of the molecule is CCC(C)(NC(=O)c1ccc(S(C)(=O)=O)o1)C(=O)O. The zero-order valence-electron chi connectivity index (χ0n) is 10.8. The Morgan fingerprint density at radius 1 is 1.42 bits per heavy atom. The molecule has 0 radical (unpaired) electrons. The Labute approximate surface area is 110 Å². The molecule has 1 aromatic heterocycles. The fraction of sp³-hybridized carbons (Fsp3) is 0.455. The van der Waals surface area contributed by atoms with Crippen LogP contribution in [-0.4, -0.2) is 37.2 Å². The first-order chi connectivity index (χ1) is 8.60.